The van der Waals surface area contributed by atoms with Crippen LogP contribution >= 0.6 is 15.9 Å². The van der Waals surface area contributed by atoms with Crippen molar-refractivity contribution in [3.8, 4) is 0 Å². The number of carbonyl (C=O) groups excluding carboxylic acids is 1. The Hall–Kier alpha value is -1.69. The number of hydrogen-bond donors (Lipinski definition) is 2. The van der Waals surface area contributed by atoms with Crippen molar-refractivity contribution >= 4 is 21.8 Å². The first-order chi connectivity index (χ1) is 8.58. The van der Waals surface area contributed by atoms with Gasteiger partial charge in [-0.2, -0.15) is 5.10 Å². The molecular weight excluding hydrogens is 296 g/mol. The van der Waals surface area contributed by atoms with Crippen molar-refractivity contribution in [3.63, 3.8) is 0 Å². The van der Waals surface area contributed by atoms with Crippen molar-refractivity contribution in [1.82, 2.24) is 20.5 Å². The quantitative estimate of drug-likeness (QED) is 0.914. The van der Waals surface area contributed by atoms with Crippen molar-refractivity contribution in [2.75, 3.05) is 0 Å². The molecule has 1 amide bonds. The maximum Gasteiger partial charge on any atom is 0.251 e. The average molecular weight is 309 g/mol. The summed E-state index contributed by atoms with van der Waals surface area (Å²) in [6.07, 6.45) is 1.42. The van der Waals surface area contributed by atoms with Crippen LogP contribution in [0.2, 0.25) is 0 Å². The third-order valence-corrected chi connectivity index (χ3v) is 3.50. The normalized spacial score (nSPS) is 12.2. The lowest BCUT2D eigenvalue weighted by Crippen LogP contribution is -2.27. The number of aromatic nitrogens is 3. The summed E-state index contributed by atoms with van der Waals surface area (Å²) >= 11 is 3.41. The van der Waals surface area contributed by atoms with Gasteiger partial charge in [0.1, 0.15) is 12.2 Å². The van der Waals surface area contributed by atoms with Crippen LogP contribution < -0.4 is 5.32 Å². The van der Waals surface area contributed by atoms with Crippen molar-refractivity contribution < 1.29 is 4.79 Å². The molecule has 0 spiro atoms. The van der Waals surface area contributed by atoms with Crippen LogP contribution in [0.3, 0.4) is 0 Å². The molecule has 0 bridgehead atoms. The van der Waals surface area contributed by atoms with Gasteiger partial charge in [0.2, 0.25) is 0 Å². The Morgan fingerprint density at radius 2 is 2.28 bits per heavy atom. The number of H-pyrrole nitrogens is 1. The maximum absolute atomic E-state index is 12.0. The molecule has 0 saturated carbocycles. The van der Waals surface area contributed by atoms with E-state index in [2.05, 4.69) is 36.4 Å². The van der Waals surface area contributed by atoms with Gasteiger partial charge in [-0.1, -0.05) is 15.9 Å². The van der Waals surface area contributed by atoms with E-state index in [4.69, 9.17) is 0 Å². The summed E-state index contributed by atoms with van der Waals surface area (Å²) in [7, 11) is 0. The smallest absolute Gasteiger partial charge is 0.251 e. The molecule has 94 valence electrons. The third-order valence-electron chi connectivity index (χ3n) is 2.61. The van der Waals surface area contributed by atoms with E-state index >= 15 is 0 Å². The Labute approximate surface area is 113 Å². The lowest BCUT2D eigenvalue weighted by molar-refractivity contribution is 0.0938. The molecule has 0 aliphatic carbocycles. The lowest BCUT2D eigenvalue weighted by atomic mass is 10.1. The molecular formula is C12H13BrN4O. The van der Waals surface area contributed by atoms with Gasteiger partial charge in [0.15, 0.2) is 0 Å². The van der Waals surface area contributed by atoms with Gasteiger partial charge in [0, 0.05) is 10.0 Å². The van der Waals surface area contributed by atoms with Crippen LogP contribution in [-0.2, 0) is 0 Å². The topological polar surface area (TPSA) is 70.7 Å². The van der Waals surface area contributed by atoms with Gasteiger partial charge >= 0.3 is 0 Å². The predicted molar refractivity (Wildman–Crippen MR) is 71.1 cm³/mol. The first kappa shape index (κ1) is 12.8. The summed E-state index contributed by atoms with van der Waals surface area (Å²) in [5, 5.41) is 9.34. The molecule has 1 heterocycles. The van der Waals surface area contributed by atoms with E-state index in [-0.39, 0.29) is 11.9 Å². The minimum atomic E-state index is -0.205. The molecule has 18 heavy (non-hydrogen) atoms. The zero-order valence-electron chi connectivity index (χ0n) is 10.1. The van der Waals surface area contributed by atoms with Crippen LogP contribution in [0.15, 0.2) is 29.0 Å². The molecule has 0 aliphatic rings. The molecule has 1 atom stereocenters. The van der Waals surface area contributed by atoms with Gasteiger partial charge in [-0.3, -0.25) is 9.89 Å². The molecule has 0 fully saturated rings. The van der Waals surface area contributed by atoms with E-state index in [0.717, 1.165) is 10.0 Å². The Morgan fingerprint density at radius 3 is 2.89 bits per heavy atom. The zero-order valence-corrected chi connectivity index (χ0v) is 11.7. The molecule has 1 unspecified atom stereocenters. The second kappa shape index (κ2) is 5.30. The molecule has 2 rings (SSSR count). The molecule has 0 radical (unpaired) electrons. The fourth-order valence-corrected chi connectivity index (χ4v) is 1.80. The summed E-state index contributed by atoms with van der Waals surface area (Å²) in [5.41, 5.74) is 1.65. The standard InChI is InChI=1S/C12H13BrN4O/c1-7-5-9(3-4-10(7)13)12(18)16-8(2)11-14-6-15-17-11/h3-6,8H,1-2H3,(H,16,18)(H,14,15,17). The highest BCUT2D eigenvalue weighted by molar-refractivity contribution is 9.10. The van der Waals surface area contributed by atoms with Crippen LogP contribution in [0.5, 0.6) is 0 Å². The number of rotatable bonds is 3. The maximum atomic E-state index is 12.0. The Balaban J connectivity index is 2.10. The lowest BCUT2D eigenvalue weighted by Gasteiger charge is -2.11. The minimum Gasteiger partial charge on any atom is -0.342 e. The van der Waals surface area contributed by atoms with Gasteiger partial charge in [-0.25, -0.2) is 4.98 Å². The van der Waals surface area contributed by atoms with Crippen LogP contribution in [-0.4, -0.2) is 21.1 Å². The van der Waals surface area contributed by atoms with E-state index < -0.39 is 0 Å². The highest BCUT2D eigenvalue weighted by Crippen LogP contribution is 2.17. The summed E-state index contributed by atoms with van der Waals surface area (Å²) in [6.45, 7) is 3.80. The van der Waals surface area contributed by atoms with E-state index in [1.807, 2.05) is 26.0 Å². The number of nitrogens with zero attached hydrogens (tertiary/aromatic N) is 2. The third kappa shape index (κ3) is 2.76. The SMILES string of the molecule is Cc1cc(C(=O)NC(C)c2ncn[nH]2)ccc1Br. The molecule has 2 N–H and O–H groups in total. The second-order valence-electron chi connectivity index (χ2n) is 4.03. The van der Waals surface area contributed by atoms with Crippen LogP contribution in [0.1, 0.15) is 34.7 Å². The van der Waals surface area contributed by atoms with Crippen LogP contribution in [0.25, 0.3) is 0 Å². The first-order valence-corrected chi connectivity index (χ1v) is 6.29. The average Bonchev–Trinajstić information content (AvgIpc) is 2.86. The van der Waals surface area contributed by atoms with Gasteiger partial charge < -0.3 is 5.32 Å². The van der Waals surface area contributed by atoms with Crippen molar-refractivity contribution in [2.24, 2.45) is 0 Å². The fourth-order valence-electron chi connectivity index (χ4n) is 1.56. The van der Waals surface area contributed by atoms with Crippen LogP contribution in [0.4, 0.5) is 0 Å². The fraction of sp³-hybridized carbons (Fsp3) is 0.250. The van der Waals surface area contributed by atoms with E-state index in [1.165, 1.54) is 6.33 Å². The van der Waals surface area contributed by atoms with Gasteiger partial charge in [-0.05, 0) is 37.6 Å². The molecule has 5 nitrogen and oxygen atoms in total. The van der Waals surface area contributed by atoms with Crippen LogP contribution in [0, 0.1) is 6.92 Å². The molecule has 6 heteroatoms. The number of benzene rings is 1. The Kier molecular flexibility index (Phi) is 3.76. The first-order valence-electron chi connectivity index (χ1n) is 5.50. The number of nitrogens with one attached hydrogen (secondary N) is 2. The molecule has 0 saturated heterocycles. The molecule has 1 aromatic heterocycles. The number of halogens is 1. The largest absolute Gasteiger partial charge is 0.342 e. The van der Waals surface area contributed by atoms with Crippen molar-refractivity contribution in [1.29, 1.82) is 0 Å². The number of hydrogen-bond acceptors (Lipinski definition) is 3. The van der Waals surface area contributed by atoms with Crippen molar-refractivity contribution in [3.05, 3.63) is 46.0 Å². The number of amides is 1. The number of aromatic amines is 1. The Morgan fingerprint density at radius 1 is 1.50 bits per heavy atom. The zero-order chi connectivity index (χ0) is 13.1. The summed E-state index contributed by atoms with van der Waals surface area (Å²) in [6, 6.07) is 5.28. The van der Waals surface area contributed by atoms with Gasteiger partial charge in [0.25, 0.3) is 5.91 Å². The monoisotopic (exact) mass is 308 g/mol. The molecule has 2 aromatic rings. The highest BCUT2D eigenvalue weighted by atomic mass is 79.9. The van der Waals surface area contributed by atoms with Crippen molar-refractivity contribution in [2.45, 2.75) is 19.9 Å². The summed E-state index contributed by atoms with van der Waals surface area (Å²) in [4.78, 5) is 16.0. The number of carbonyl (C=O) groups is 1. The number of aryl methyl sites for hydroxylation is 1. The minimum absolute atomic E-state index is 0.130. The summed E-state index contributed by atoms with van der Waals surface area (Å²) < 4.78 is 0.988. The van der Waals surface area contributed by atoms with E-state index in [9.17, 15) is 4.79 Å². The molecule has 1 aromatic carbocycles. The van der Waals surface area contributed by atoms with E-state index in [0.29, 0.717) is 11.4 Å². The predicted octanol–water partition coefficient (Wildman–Crippen LogP) is 2.37. The van der Waals surface area contributed by atoms with Gasteiger partial charge in [-0.15, -0.1) is 0 Å². The Bertz CT molecular complexity index is 553. The second-order valence-corrected chi connectivity index (χ2v) is 4.88. The summed E-state index contributed by atoms with van der Waals surface area (Å²) in [5.74, 6) is 0.506. The van der Waals surface area contributed by atoms with Gasteiger partial charge in [0.05, 0.1) is 6.04 Å². The van der Waals surface area contributed by atoms with E-state index in [1.54, 1.807) is 6.07 Å². The highest BCUT2D eigenvalue weighted by Gasteiger charge is 2.13. The molecule has 0 aliphatic heterocycles.